The quantitative estimate of drug-likeness (QED) is 0.757. The highest BCUT2D eigenvalue weighted by Gasteiger charge is 2.13. The molecule has 5 heteroatoms. The van der Waals surface area contributed by atoms with Crippen LogP contribution in [-0.2, 0) is 4.79 Å². The van der Waals surface area contributed by atoms with Gasteiger partial charge in [0.05, 0.1) is 32.9 Å². The Morgan fingerprint density at radius 1 is 1.42 bits per heavy atom. The molecule has 0 amide bonds. The van der Waals surface area contributed by atoms with Gasteiger partial charge >= 0.3 is 5.97 Å². The Hall–Kier alpha value is -2.35. The number of nitrogens with zero attached hydrogens (tertiary/aromatic N) is 1. The van der Waals surface area contributed by atoms with Gasteiger partial charge in [0.1, 0.15) is 11.5 Å². The second-order valence-corrected chi connectivity index (χ2v) is 3.81. The van der Waals surface area contributed by atoms with Crippen LogP contribution in [0, 0.1) is 12.3 Å². The van der Waals surface area contributed by atoms with Crippen LogP contribution in [0.3, 0.4) is 0 Å². The van der Waals surface area contributed by atoms with E-state index in [1.165, 1.54) is 0 Å². The Kier molecular flexibility index (Phi) is 5.55. The van der Waals surface area contributed by atoms with Crippen LogP contribution in [0.5, 0.6) is 11.5 Å². The monoisotopic (exact) mass is 263 g/mol. The molecule has 0 spiro atoms. The maximum Gasteiger partial charge on any atom is 0.305 e. The number of terminal acetylenes is 1. The van der Waals surface area contributed by atoms with Crippen molar-refractivity contribution in [2.75, 3.05) is 32.2 Å². The molecule has 0 aliphatic heterocycles. The van der Waals surface area contributed by atoms with Crippen molar-refractivity contribution in [1.82, 2.24) is 0 Å². The van der Waals surface area contributed by atoms with Crippen LogP contribution in [0.25, 0.3) is 0 Å². The van der Waals surface area contributed by atoms with Crippen LogP contribution in [0.1, 0.15) is 6.42 Å². The Labute approximate surface area is 112 Å². The molecule has 1 aromatic rings. The van der Waals surface area contributed by atoms with Crippen molar-refractivity contribution in [2.45, 2.75) is 6.42 Å². The maximum absolute atomic E-state index is 10.7. The van der Waals surface area contributed by atoms with E-state index in [1.807, 2.05) is 0 Å². The summed E-state index contributed by atoms with van der Waals surface area (Å²) in [6, 6.07) is 5.32. The third kappa shape index (κ3) is 4.11. The smallest absolute Gasteiger partial charge is 0.305 e. The molecular weight excluding hydrogens is 246 g/mol. The fourth-order valence-corrected chi connectivity index (χ4v) is 1.67. The molecule has 0 unspecified atom stereocenters. The lowest BCUT2D eigenvalue weighted by Gasteiger charge is -2.24. The largest absolute Gasteiger partial charge is 0.497 e. The molecule has 19 heavy (non-hydrogen) atoms. The highest BCUT2D eigenvalue weighted by atomic mass is 16.5. The molecule has 1 rings (SSSR count). The van der Waals surface area contributed by atoms with E-state index >= 15 is 0 Å². The van der Waals surface area contributed by atoms with E-state index in [0.29, 0.717) is 24.6 Å². The molecule has 0 heterocycles. The zero-order valence-corrected chi connectivity index (χ0v) is 11.0. The Bertz CT molecular complexity index is 479. The van der Waals surface area contributed by atoms with E-state index < -0.39 is 5.97 Å². The molecule has 0 aromatic heterocycles. The minimum Gasteiger partial charge on any atom is -0.497 e. The lowest BCUT2D eigenvalue weighted by molar-refractivity contribution is -0.136. The van der Waals surface area contributed by atoms with Crippen molar-refractivity contribution in [3.63, 3.8) is 0 Å². The number of hydrogen-bond donors (Lipinski definition) is 1. The molecule has 0 radical (unpaired) electrons. The highest BCUT2D eigenvalue weighted by Crippen LogP contribution is 2.32. The molecule has 0 saturated carbocycles. The van der Waals surface area contributed by atoms with Gasteiger partial charge < -0.3 is 19.5 Å². The van der Waals surface area contributed by atoms with E-state index in [0.717, 1.165) is 5.69 Å². The predicted octanol–water partition coefficient (Wildman–Crippen LogP) is 1.62. The van der Waals surface area contributed by atoms with Crippen molar-refractivity contribution in [2.24, 2.45) is 0 Å². The van der Waals surface area contributed by atoms with Crippen LogP contribution >= 0.6 is 0 Å². The van der Waals surface area contributed by atoms with Gasteiger partial charge in [0.15, 0.2) is 0 Å². The van der Waals surface area contributed by atoms with E-state index in [-0.39, 0.29) is 6.42 Å². The SMILES string of the molecule is C#CCN(CCC(=O)O)c1ccc(OC)cc1OC. The normalized spacial score (nSPS) is 9.53. The van der Waals surface area contributed by atoms with Gasteiger partial charge in [0.2, 0.25) is 0 Å². The molecular formula is C14H17NO4. The molecule has 0 saturated heterocycles. The minimum atomic E-state index is -0.866. The minimum absolute atomic E-state index is 0.0108. The summed E-state index contributed by atoms with van der Waals surface area (Å²) in [5, 5.41) is 8.76. The van der Waals surface area contributed by atoms with Crippen molar-refractivity contribution < 1.29 is 19.4 Å². The van der Waals surface area contributed by atoms with E-state index in [1.54, 1.807) is 37.3 Å². The topological polar surface area (TPSA) is 59.0 Å². The number of benzene rings is 1. The van der Waals surface area contributed by atoms with Crippen molar-refractivity contribution in [1.29, 1.82) is 0 Å². The molecule has 0 aliphatic carbocycles. The van der Waals surface area contributed by atoms with E-state index in [2.05, 4.69) is 5.92 Å². The molecule has 0 aliphatic rings. The second kappa shape index (κ2) is 7.17. The van der Waals surface area contributed by atoms with Gasteiger partial charge in [0.25, 0.3) is 0 Å². The van der Waals surface area contributed by atoms with Gasteiger partial charge in [-0.2, -0.15) is 0 Å². The van der Waals surface area contributed by atoms with Crippen LogP contribution in [0.15, 0.2) is 18.2 Å². The molecule has 1 aromatic carbocycles. The number of carbonyl (C=O) groups is 1. The Morgan fingerprint density at radius 2 is 2.16 bits per heavy atom. The van der Waals surface area contributed by atoms with E-state index in [4.69, 9.17) is 21.0 Å². The summed E-state index contributed by atoms with van der Waals surface area (Å²) >= 11 is 0. The lowest BCUT2D eigenvalue weighted by Crippen LogP contribution is -2.26. The first-order chi connectivity index (χ1) is 9.12. The zero-order valence-electron chi connectivity index (χ0n) is 11.0. The first-order valence-corrected chi connectivity index (χ1v) is 5.74. The first kappa shape index (κ1) is 14.7. The number of carboxylic acid groups (broad SMARTS) is 1. The maximum atomic E-state index is 10.7. The molecule has 0 bridgehead atoms. The molecule has 0 fully saturated rings. The van der Waals surface area contributed by atoms with Gasteiger partial charge in [-0.25, -0.2) is 0 Å². The number of rotatable bonds is 7. The third-order valence-electron chi connectivity index (χ3n) is 2.61. The number of ether oxygens (including phenoxy) is 2. The fourth-order valence-electron chi connectivity index (χ4n) is 1.67. The summed E-state index contributed by atoms with van der Waals surface area (Å²) in [5.41, 5.74) is 0.752. The molecule has 0 atom stereocenters. The van der Waals surface area contributed by atoms with Gasteiger partial charge in [0, 0.05) is 12.6 Å². The van der Waals surface area contributed by atoms with Crippen LogP contribution in [0.4, 0.5) is 5.69 Å². The van der Waals surface area contributed by atoms with Gasteiger partial charge in [-0.05, 0) is 12.1 Å². The van der Waals surface area contributed by atoms with Crippen molar-refractivity contribution >= 4 is 11.7 Å². The van der Waals surface area contributed by atoms with Crippen LogP contribution in [-0.4, -0.2) is 38.4 Å². The average molecular weight is 263 g/mol. The summed E-state index contributed by atoms with van der Waals surface area (Å²) in [7, 11) is 3.11. The van der Waals surface area contributed by atoms with Gasteiger partial charge in [-0.15, -0.1) is 6.42 Å². The predicted molar refractivity (Wildman–Crippen MR) is 72.8 cm³/mol. The third-order valence-corrected chi connectivity index (χ3v) is 2.61. The molecule has 102 valence electrons. The summed E-state index contributed by atoms with van der Waals surface area (Å²) in [6.07, 6.45) is 5.33. The zero-order chi connectivity index (χ0) is 14.3. The number of carboxylic acids is 1. The van der Waals surface area contributed by atoms with E-state index in [9.17, 15) is 4.79 Å². The Morgan fingerprint density at radius 3 is 2.68 bits per heavy atom. The lowest BCUT2D eigenvalue weighted by atomic mass is 10.2. The molecule has 1 N–H and O–H groups in total. The molecule has 5 nitrogen and oxygen atoms in total. The number of aliphatic carboxylic acids is 1. The summed E-state index contributed by atoms with van der Waals surface area (Å²) < 4.78 is 10.4. The Balaban J connectivity index is 3.00. The standard InChI is InChI=1S/C14H17NO4/c1-4-8-15(9-7-14(16)17)12-6-5-11(18-2)10-13(12)19-3/h1,5-6,10H,7-9H2,2-3H3,(H,16,17). The number of hydrogen-bond acceptors (Lipinski definition) is 4. The second-order valence-electron chi connectivity index (χ2n) is 3.81. The average Bonchev–Trinajstić information content (AvgIpc) is 2.42. The number of anilines is 1. The van der Waals surface area contributed by atoms with Crippen molar-refractivity contribution in [3.8, 4) is 23.8 Å². The first-order valence-electron chi connectivity index (χ1n) is 5.74. The van der Waals surface area contributed by atoms with Gasteiger partial charge in [-0.3, -0.25) is 4.79 Å². The summed E-state index contributed by atoms with van der Waals surface area (Å²) in [6.45, 7) is 0.637. The van der Waals surface area contributed by atoms with Crippen LogP contribution < -0.4 is 14.4 Å². The fraction of sp³-hybridized carbons (Fsp3) is 0.357. The van der Waals surface area contributed by atoms with Crippen molar-refractivity contribution in [3.05, 3.63) is 18.2 Å². The van der Waals surface area contributed by atoms with Gasteiger partial charge in [-0.1, -0.05) is 5.92 Å². The van der Waals surface area contributed by atoms with Crippen LogP contribution in [0.2, 0.25) is 0 Å². The number of methoxy groups -OCH3 is 2. The highest BCUT2D eigenvalue weighted by molar-refractivity contribution is 5.68. The summed E-state index contributed by atoms with van der Waals surface area (Å²) in [4.78, 5) is 12.4. The summed E-state index contributed by atoms with van der Waals surface area (Å²) in [5.74, 6) is 2.91.